The van der Waals surface area contributed by atoms with Crippen LogP contribution in [0.5, 0.6) is 5.75 Å². The Morgan fingerprint density at radius 1 is 1.12 bits per heavy atom. The van der Waals surface area contributed by atoms with E-state index in [4.69, 9.17) is 9.47 Å². The summed E-state index contributed by atoms with van der Waals surface area (Å²) in [7, 11) is 0. The molecule has 0 amide bonds. The van der Waals surface area contributed by atoms with Crippen LogP contribution in [0.25, 0.3) is 0 Å². The number of carbonyl (C=O) groups is 1. The summed E-state index contributed by atoms with van der Waals surface area (Å²) in [6.07, 6.45) is 0.970. The zero-order valence-electron chi connectivity index (χ0n) is 14.0. The molecule has 0 atom stereocenters. The highest BCUT2D eigenvalue weighted by Gasteiger charge is 2.07. The van der Waals surface area contributed by atoms with Crippen LogP contribution in [0.1, 0.15) is 36.2 Å². The average molecular weight is 392 g/mol. The molecule has 0 aliphatic heterocycles. The van der Waals surface area contributed by atoms with Gasteiger partial charge in [-0.15, -0.1) is 0 Å². The molecule has 0 unspecified atom stereocenters. The van der Waals surface area contributed by atoms with Gasteiger partial charge in [-0.2, -0.15) is 0 Å². The Morgan fingerprint density at radius 3 is 2.54 bits per heavy atom. The number of anilines is 1. The van der Waals surface area contributed by atoms with Gasteiger partial charge in [-0.05, 0) is 55.8 Å². The van der Waals surface area contributed by atoms with Crippen molar-refractivity contribution in [3.05, 3.63) is 58.1 Å². The molecule has 0 bridgehead atoms. The normalized spacial score (nSPS) is 10.3. The lowest BCUT2D eigenvalue weighted by Gasteiger charge is -2.13. The van der Waals surface area contributed by atoms with E-state index in [9.17, 15) is 4.79 Å². The second-order valence-corrected chi connectivity index (χ2v) is 6.17. The molecule has 0 radical (unpaired) electrons. The van der Waals surface area contributed by atoms with Crippen LogP contribution in [0.2, 0.25) is 0 Å². The molecule has 128 valence electrons. The minimum Gasteiger partial charge on any atom is -0.493 e. The highest BCUT2D eigenvalue weighted by atomic mass is 79.9. The number of ether oxygens (including phenoxy) is 2. The number of nitrogens with one attached hydrogen (secondary N) is 1. The minimum absolute atomic E-state index is 0.300. The number of hydrogen-bond acceptors (Lipinski definition) is 4. The van der Waals surface area contributed by atoms with Crippen LogP contribution in [0.15, 0.2) is 46.9 Å². The van der Waals surface area contributed by atoms with Gasteiger partial charge in [0.2, 0.25) is 0 Å². The summed E-state index contributed by atoms with van der Waals surface area (Å²) in [5.41, 5.74) is 2.56. The summed E-state index contributed by atoms with van der Waals surface area (Å²) in [5, 5.41) is 3.35. The second kappa shape index (κ2) is 9.33. The first-order chi connectivity index (χ1) is 11.6. The van der Waals surface area contributed by atoms with Crippen LogP contribution in [0, 0.1) is 0 Å². The standard InChI is InChI=1S/C19H22BrNO3/c1-3-11-24-18-10-7-16(20)12-15(18)13-21-17-8-5-14(6-9-17)19(22)23-4-2/h5-10,12,21H,3-4,11,13H2,1-2H3. The maximum atomic E-state index is 11.7. The van der Waals surface area contributed by atoms with Crippen LogP contribution in [-0.2, 0) is 11.3 Å². The summed E-state index contributed by atoms with van der Waals surface area (Å²) in [5.74, 6) is 0.585. The highest BCUT2D eigenvalue weighted by Crippen LogP contribution is 2.24. The van der Waals surface area contributed by atoms with E-state index in [0.717, 1.165) is 27.9 Å². The lowest BCUT2D eigenvalue weighted by Crippen LogP contribution is -2.06. The Balaban J connectivity index is 2.02. The molecule has 4 nitrogen and oxygen atoms in total. The van der Waals surface area contributed by atoms with Crippen molar-refractivity contribution in [3.8, 4) is 5.75 Å². The fraction of sp³-hybridized carbons (Fsp3) is 0.316. The molecule has 1 N–H and O–H groups in total. The van der Waals surface area contributed by atoms with Gasteiger partial charge in [-0.3, -0.25) is 0 Å². The molecule has 0 aliphatic carbocycles. The summed E-state index contributed by atoms with van der Waals surface area (Å²) in [4.78, 5) is 11.7. The Morgan fingerprint density at radius 2 is 1.88 bits per heavy atom. The number of esters is 1. The Bertz CT molecular complexity index is 671. The van der Waals surface area contributed by atoms with E-state index >= 15 is 0 Å². The van der Waals surface area contributed by atoms with E-state index in [0.29, 0.717) is 25.3 Å². The molecule has 5 heteroatoms. The van der Waals surface area contributed by atoms with Crippen molar-refractivity contribution in [2.24, 2.45) is 0 Å². The Labute approximate surface area is 151 Å². The summed E-state index contributed by atoms with van der Waals surface area (Å²) in [6, 6.07) is 13.3. The number of carbonyl (C=O) groups excluding carboxylic acids is 1. The number of benzene rings is 2. The molecule has 2 aromatic carbocycles. The number of rotatable bonds is 8. The van der Waals surface area contributed by atoms with Gasteiger partial charge < -0.3 is 14.8 Å². The first kappa shape index (κ1) is 18.3. The molecule has 0 saturated carbocycles. The van der Waals surface area contributed by atoms with Gasteiger partial charge in [0.1, 0.15) is 5.75 Å². The van der Waals surface area contributed by atoms with Crippen molar-refractivity contribution in [2.75, 3.05) is 18.5 Å². The van der Waals surface area contributed by atoms with E-state index in [1.807, 2.05) is 30.3 Å². The molecule has 24 heavy (non-hydrogen) atoms. The number of halogens is 1. The smallest absolute Gasteiger partial charge is 0.338 e. The van der Waals surface area contributed by atoms with Gasteiger partial charge in [0.05, 0.1) is 18.8 Å². The molecular weight excluding hydrogens is 370 g/mol. The first-order valence-electron chi connectivity index (χ1n) is 8.06. The van der Waals surface area contributed by atoms with Gasteiger partial charge in [-0.1, -0.05) is 22.9 Å². The van der Waals surface area contributed by atoms with E-state index < -0.39 is 0 Å². The molecule has 0 heterocycles. The van der Waals surface area contributed by atoms with Gasteiger partial charge in [0.25, 0.3) is 0 Å². The topological polar surface area (TPSA) is 47.6 Å². The van der Waals surface area contributed by atoms with E-state index in [2.05, 4.69) is 28.2 Å². The van der Waals surface area contributed by atoms with Crippen molar-refractivity contribution in [1.29, 1.82) is 0 Å². The molecule has 0 aliphatic rings. The molecular formula is C19H22BrNO3. The van der Waals surface area contributed by atoms with Crippen LogP contribution in [0.4, 0.5) is 5.69 Å². The van der Waals surface area contributed by atoms with Crippen LogP contribution in [0.3, 0.4) is 0 Å². The summed E-state index contributed by atoms with van der Waals surface area (Å²) in [6.45, 7) is 5.59. The maximum absolute atomic E-state index is 11.7. The molecule has 0 saturated heterocycles. The maximum Gasteiger partial charge on any atom is 0.338 e. The predicted octanol–water partition coefficient (Wildman–Crippen LogP) is 5.03. The van der Waals surface area contributed by atoms with E-state index in [1.54, 1.807) is 19.1 Å². The minimum atomic E-state index is -0.300. The second-order valence-electron chi connectivity index (χ2n) is 5.25. The molecule has 0 spiro atoms. The van der Waals surface area contributed by atoms with Gasteiger partial charge in [-0.25, -0.2) is 4.79 Å². The Kier molecular flexibility index (Phi) is 7.12. The molecule has 0 aromatic heterocycles. The van der Waals surface area contributed by atoms with Crippen molar-refractivity contribution in [1.82, 2.24) is 0 Å². The zero-order chi connectivity index (χ0) is 17.4. The van der Waals surface area contributed by atoms with Gasteiger partial charge >= 0.3 is 5.97 Å². The van der Waals surface area contributed by atoms with Crippen LogP contribution >= 0.6 is 15.9 Å². The lowest BCUT2D eigenvalue weighted by molar-refractivity contribution is 0.0526. The summed E-state index contributed by atoms with van der Waals surface area (Å²) < 4.78 is 11.8. The van der Waals surface area contributed by atoms with Gasteiger partial charge in [0, 0.05) is 22.3 Å². The fourth-order valence-electron chi connectivity index (χ4n) is 2.17. The largest absolute Gasteiger partial charge is 0.493 e. The molecule has 2 rings (SSSR count). The predicted molar refractivity (Wildman–Crippen MR) is 99.7 cm³/mol. The van der Waals surface area contributed by atoms with Crippen molar-refractivity contribution < 1.29 is 14.3 Å². The Hall–Kier alpha value is -2.01. The SMILES string of the molecule is CCCOc1ccc(Br)cc1CNc1ccc(C(=O)OCC)cc1. The van der Waals surface area contributed by atoms with Gasteiger partial charge in [0.15, 0.2) is 0 Å². The molecule has 0 fully saturated rings. The average Bonchev–Trinajstić information content (AvgIpc) is 2.60. The van der Waals surface area contributed by atoms with Crippen LogP contribution < -0.4 is 10.1 Å². The zero-order valence-corrected chi connectivity index (χ0v) is 15.6. The van der Waals surface area contributed by atoms with E-state index in [-0.39, 0.29) is 5.97 Å². The molecule has 2 aromatic rings. The number of hydrogen-bond donors (Lipinski definition) is 1. The van der Waals surface area contributed by atoms with E-state index in [1.165, 1.54) is 0 Å². The summed E-state index contributed by atoms with van der Waals surface area (Å²) >= 11 is 3.50. The van der Waals surface area contributed by atoms with Crippen LogP contribution in [-0.4, -0.2) is 19.2 Å². The fourth-order valence-corrected chi connectivity index (χ4v) is 2.58. The monoisotopic (exact) mass is 391 g/mol. The third-order valence-electron chi connectivity index (χ3n) is 3.36. The van der Waals surface area contributed by atoms with Crippen molar-refractivity contribution >= 4 is 27.6 Å². The quantitative estimate of drug-likeness (QED) is 0.641. The highest BCUT2D eigenvalue weighted by molar-refractivity contribution is 9.10. The lowest BCUT2D eigenvalue weighted by atomic mass is 10.1. The third kappa shape index (κ3) is 5.27. The van der Waals surface area contributed by atoms with Crippen molar-refractivity contribution in [2.45, 2.75) is 26.8 Å². The first-order valence-corrected chi connectivity index (χ1v) is 8.85. The van der Waals surface area contributed by atoms with Crippen molar-refractivity contribution in [3.63, 3.8) is 0 Å². The third-order valence-corrected chi connectivity index (χ3v) is 3.86.